The molecule has 5 rings (SSSR count). The van der Waals surface area contributed by atoms with Crippen LogP contribution in [-0.4, -0.2) is 37.8 Å². The van der Waals surface area contributed by atoms with Crippen LogP contribution in [0.1, 0.15) is 53.6 Å². The molecule has 2 atom stereocenters. The van der Waals surface area contributed by atoms with Gasteiger partial charge in [0, 0.05) is 6.54 Å². The van der Waals surface area contributed by atoms with Gasteiger partial charge in [0.2, 0.25) is 10.0 Å². The van der Waals surface area contributed by atoms with Gasteiger partial charge in [0.25, 0.3) is 5.91 Å². The van der Waals surface area contributed by atoms with Gasteiger partial charge in [-0.05, 0) is 72.2 Å². The third kappa shape index (κ3) is 5.49. The van der Waals surface area contributed by atoms with E-state index in [1.54, 1.807) is 12.1 Å². The number of nitrogens with zero attached hydrogens (tertiary/aromatic N) is 1. The van der Waals surface area contributed by atoms with E-state index in [1.807, 2.05) is 30.3 Å². The molecule has 0 fully saturated rings. The average Bonchev–Trinajstić information content (AvgIpc) is 2.92. The fraction of sp³-hybridized carbons (Fsp3) is 0.310. The minimum atomic E-state index is -4.02. The molecule has 0 saturated carbocycles. The quantitative estimate of drug-likeness (QED) is 0.456. The van der Waals surface area contributed by atoms with Gasteiger partial charge in [0.15, 0.2) is 6.61 Å². The van der Waals surface area contributed by atoms with Crippen LogP contribution in [0.2, 0.25) is 0 Å². The third-order valence-corrected chi connectivity index (χ3v) is 9.13. The van der Waals surface area contributed by atoms with E-state index in [9.17, 15) is 22.4 Å². The van der Waals surface area contributed by atoms with Crippen LogP contribution in [-0.2, 0) is 37.2 Å². The van der Waals surface area contributed by atoms with Crippen molar-refractivity contribution >= 4 is 21.9 Å². The summed E-state index contributed by atoms with van der Waals surface area (Å²) in [6.07, 6.45) is 2.97. The molecular formula is C29H29FN2O5S. The molecule has 1 amide bonds. The summed E-state index contributed by atoms with van der Waals surface area (Å²) < 4.78 is 47.0. The molecule has 3 aromatic rings. The highest BCUT2D eigenvalue weighted by atomic mass is 32.2. The SMILES string of the molecule is O=C(COC(=O)CC1c2ccccc2CCN1S(=O)(=O)c1ccc(F)cc1)NC1CCCc2ccccc21. The molecule has 0 bridgehead atoms. The number of benzene rings is 3. The molecule has 1 N–H and O–H groups in total. The lowest BCUT2D eigenvalue weighted by molar-refractivity contribution is -0.149. The number of carbonyl (C=O) groups excluding carboxylic acids is 2. The molecule has 198 valence electrons. The van der Waals surface area contributed by atoms with E-state index in [-0.39, 0.29) is 23.9 Å². The smallest absolute Gasteiger partial charge is 0.308 e. The highest BCUT2D eigenvalue weighted by Crippen LogP contribution is 2.36. The Hall–Kier alpha value is -3.56. The molecule has 0 saturated heterocycles. The normalized spacial score (nSPS) is 19.2. The largest absolute Gasteiger partial charge is 0.456 e. The number of hydrogen-bond donors (Lipinski definition) is 1. The molecule has 2 unspecified atom stereocenters. The number of fused-ring (bicyclic) bond motifs is 2. The Kier molecular flexibility index (Phi) is 7.58. The molecule has 1 aliphatic heterocycles. The van der Waals surface area contributed by atoms with Crippen LogP contribution in [0.25, 0.3) is 0 Å². The van der Waals surface area contributed by atoms with Gasteiger partial charge in [-0.15, -0.1) is 0 Å². The van der Waals surface area contributed by atoms with Crippen LogP contribution in [0.4, 0.5) is 4.39 Å². The predicted octanol–water partition coefficient (Wildman–Crippen LogP) is 4.24. The van der Waals surface area contributed by atoms with Crippen LogP contribution >= 0.6 is 0 Å². The Bertz CT molecular complexity index is 1440. The van der Waals surface area contributed by atoms with E-state index in [1.165, 1.54) is 22.0 Å². The number of esters is 1. The first-order chi connectivity index (χ1) is 18.3. The zero-order valence-corrected chi connectivity index (χ0v) is 21.6. The summed E-state index contributed by atoms with van der Waals surface area (Å²) in [5, 5.41) is 2.96. The highest BCUT2D eigenvalue weighted by molar-refractivity contribution is 7.89. The summed E-state index contributed by atoms with van der Waals surface area (Å²) >= 11 is 0. The molecule has 9 heteroatoms. The van der Waals surface area contributed by atoms with Crippen molar-refractivity contribution in [2.24, 2.45) is 0 Å². The maximum Gasteiger partial charge on any atom is 0.308 e. The number of amides is 1. The van der Waals surface area contributed by atoms with Crippen molar-refractivity contribution < 1.29 is 27.1 Å². The number of hydrogen-bond acceptors (Lipinski definition) is 5. The lowest BCUT2D eigenvalue weighted by Gasteiger charge is -2.36. The van der Waals surface area contributed by atoms with E-state index in [2.05, 4.69) is 11.4 Å². The molecule has 7 nitrogen and oxygen atoms in total. The number of aryl methyl sites for hydroxylation is 1. The molecule has 38 heavy (non-hydrogen) atoms. The third-order valence-electron chi connectivity index (χ3n) is 7.21. The second-order valence-electron chi connectivity index (χ2n) is 9.61. The Balaban J connectivity index is 1.28. The summed E-state index contributed by atoms with van der Waals surface area (Å²) in [4.78, 5) is 25.5. The first-order valence-corrected chi connectivity index (χ1v) is 14.1. The van der Waals surface area contributed by atoms with E-state index >= 15 is 0 Å². The summed E-state index contributed by atoms with van der Waals surface area (Å²) in [5.74, 6) is -1.62. The average molecular weight is 537 g/mol. The summed E-state index contributed by atoms with van der Waals surface area (Å²) in [6.45, 7) is -0.285. The van der Waals surface area contributed by atoms with Crippen molar-refractivity contribution in [3.05, 3.63) is 101 Å². The number of rotatable bonds is 7. The lowest BCUT2D eigenvalue weighted by Crippen LogP contribution is -2.41. The predicted molar refractivity (Wildman–Crippen MR) is 139 cm³/mol. The lowest BCUT2D eigenvalue weighted by atomic mass is 9.88. The molecule has 1 heterocycles. The Morgan fingerprint density at radius 1 is 0.921 bits per heavy atom. The second kappa shape index (κ2) is 11.0. The van der Waals surface area contributed by atoms with Gasteiger partial charge in [-0.3, -0.25) is 9.59 Å². The fourth-order valence-electron chi connectivity index (χ4n) is 5.37. The van der Waals surface area contributed by atoms with Crippen LogP contribution in [0.15, 0.2) is 77.7 Å². The standard InChI is InChI=1S/C29H29FN2O5S/c30-22-12-14-23(15-13-22)38(35,36)32-17-16-21-7-2-4-10-25(21)27(32)18-29(34)37-19-28(33)31-26-11-5-8-20-6-1-3-9-24(20)26/h1-4,6-7,9-10,12-15,26-27H,5,8,11,16-19H2,(H,31,33). The van der Waals surface area contributed by atoms with E-state index in [0.717, 1.165) is 42.5 Å². The van der Waals surface area contributed by atoms with Crippen molar-refractivity contribution in [3.63, 3.8) is 0 Å². The van der Waals surface area contributed by atoms with Crippen molar-refractivity contribution in [2.45, 2.75) is 49.1 Å². The molecule has 2 aliphatic rings. The number of nitrogens with one attached hydrogen (secondary N) is 1. The maximum absolute atomic E-state index is 13.5. The molecule has 0 radical (unpaired) electrons. The Morgan fingerprint density at radius 2 is 1.58 bits per heavy atom. The number of ether oxygens (including phenoxy) is 1. The maximum atomic E-state index is 13.5. The monoisotopic (exact) mass is 536 g/mol. The van der Waals surface area contributed by atoms with Crippen molar-refractivity contribution in [1.82, 2.24) is 9.62 Å². The van der Waals surface area contributed by atoms with E-state index < -0.39 is 40.4 Å². The molecule has 3 aromatic carbocycles. The Morgan fingerprint density at radius 3 is 2.32 bits per heavy atom. The first-order valence-electron chi connectivity index (χ1n) is 12.7. The molecule has 0 spiro atoms. The number of sulfonamides is 1. The van der Waals surface area contributed by atoms with Gasteiger partial charge >= 0.3 is 5.97 Å². The minimum absolute atomic E-state index is 0.0520. The van der Waals surface area contributed by atoms with Crippen molar-refractivity contribution in [2.75, 3.05) is 13.2 Å². The van der Waals surface area contributed by atoms with Gasteiger partial charge in [-0.1, -0.05) is 48.5 Å². The van der Waals surface area contributed by atoms with Crippen LogP contribution in [0.5, 0.6) is 0 Å². The highest BCUT2D eigenvalue weighted by Gasteiger charge is 2.38. The molecule has 0 aromatic heterocycles. The number of carbonyl (C=O) groups is 2. The zero-order valence-electron chi connectivity index (χ0n) is 20.8. The van der Waals surface area contributed by atoms with Crippen LogP contribution in [0, 0.1) is 5.82 Å². The van der Waals surface area contributed by atoms with Crippen LogP contribution in [0.3, 0.4) is 0 Å². The van der Waals surface area contributed by atoms with Gasteiger partial charge < -0.3 is 10.1 Å². The van der Waals surface area contributed by atoms with Gasteiger partial charge in [-0.2, -0.15) is 4.31 Å². The van der Waals surface area contributed by atoms with E-state index in [4.69, 9.17) is 4.74 Å². The zero-order chi connectivity index (χ0) is 26.7. The summed E-state index contributed by atoms with van der Waals surface area (Å²) in [7, 11) is -4.02. The summed E-state index contributed by atoms with van der Waals surface area (Å²) in [6, 6.07) is 19.0. The van der Waals surface area contributed by atoms with Crippen LogP contribution < -0.4 is 5.32 Å². The second-order valence-corrected chi connectivity index (χ2v) is 11.5. The van der Waals surface area contributed by atoms with Gasteiger partial charge in [0.1, 0.15) is 5.82 Å². The first kappa shape index (κ1) is 26.1. The van der Waals surface area contributed by atoms with Crippen molar-refractivity contribution in [3.8, 4) is 0 Å². The van der Waals surface area contributed by atoms with Crippen molar-refractivity contribution in [1.29, 1.82) is 0 Å². The molecule has 1 aliphatic carbocycles. The minimum Gasteiger partial charge on any atom is -0.456 e. The number of halogens is 1. The molecular weight excluding hydrogens is 507 g/mol. The Labute approximate surface area is 221 Å². The van der Waals surface area contributed by atoms with E-state index in [0.29, 0.717) is 12.0 Å². The summed E-state index contributed by atoms with van der Waals surface area (Å²) in [5.41, 5.74) is 3.95. The van der Waals surface area contributed by atoms with Gasteiger partial charge in [-0.25, -0.2) is 12.8 Å². The topological polar surface area (TPSA) is 92.8 Å². The fourth-order valence-corrected chi connectivity index (χ4v) is 6.98. The van der Waals surface area contributed by atoms with Gasteiger partial charge in [0.05, 0.1) is 23.4 Å².